The lowest BCUT2D eigenvalue weighted by Gasteiger charge is -2.15. The van der Waals surface area contributed by atoms with Gasteiger partial charge in [0.2, 0.25) is 0 Å². The van der Waals surface area contributed by atoms with E-state index in [9.17, 15) is 4.39 Å². The summed E-state index contributed by atoms with van der Waals surface area (Å²) in [6.45, 7) is 0. The average Bonchev–Trinajstić information content (AvgIpc) is 2.89. The molecule has 0 aliphatic heterocycles. The van der Waals surface area contributed by atoms with E-state index in [2.05, 4.69) is 27.9 Å². The second-order valence-electron chi connectivity index (χ2n) is 4.55. The van der Waals surface area contributed by atoms with Gasteiger partial charge in [0.15, 0.2) is 0 Å². The minimum Gasteiger partial charge on any atom is -0.271 e. The fraction of sp³-hybridized carbons (Fsp3) is 0.133. The first-order chi connectivity index (χ1) is 9.79. The Morgan fingerprint density at radius 3 is 2.90 bits per heavy atom. The van der Waals surface area contributed by atoms with Crippen molar-refractivity contribution in [2.24, 2.45) is 5.84 Å². The molecule has 0 aliphatic rings. The number of rotatable bonds is 4. The van der Waals surface area contributed by atoms with Crippen LogP contribution in [0.15, 0.2) is 48.0 Å². The molecule has 0 spiro atoms. The summed E-state index contributed by atoms with van der Waals surface area (Å²) in [6.07, 6.45) is 2.18. The highest BCUT2D eigenvalue weighted by molar-refractivity contribution is 7.17. The van der Waals surface area contributed by atoms with Gasteiger partial charge in [0.25, 0.3) is 0 Å². The predicted molar refractivity (Wildman–Crippen MR) is 79.8 cm³/mol. The van der Waals surface area contributed by atoms with Gasteiger partial charge in [-0.25, -0.2) is 4.39 Å². The first-order valence-corrected chi connectivity index (χ1v) is 7.19. The molecular formula is C15H14FN3S. The molecule has 0 saturated heterocycles. The van der Waals surface area contributed by atoms with Crippen LogP contribution in [-0.4, -0.2) is 4.98 Å². The summed E-state index contributed by atoms with van der Waals surface area (Å²) in [6, 6.07) is 10.8. The Morgan fingerprint density at radius 1 is 1.25 bits per heavy atom. The zero-order valence-electron chi connectivity index (χ0n) is 10.7. The third-order valence-electron chi connectivity index (χ3n) is 3.30. The number of pyridine rings is 1. The highest BCUT2D eigenvalue weighted by Crippen LogP contribution is 2.29. The van der Waals surface area contributed by atoms with Gasteiger partial charge in [0.05, 0.1) is 11.7 Å². The van der Waals surface area contributed by atoms with Crippen molar-refractivity contribution in [3.05, 3.63) is 65.0 Å². The first-order valence-electron chi connectivity index (χ1n) is 6.31. The lowest BCUT2D eigenvalue weighted by atomic mass is 10.0. The number of nitrogens with two attached hydrogens (primary N) is 1. The monoisotopic (exact) mass is 287 g/mol. The fourth-order valence-corrected chi connectivity index (χ4v) is 3.28. The number of nitrogens with zero attached hydrogens (tertiary/aromatic N) is 1. The molecule has 0 radical (unpaired) electrons. The highest BCUT2D eigenvalue weighted by Gasteiger charge is 2.17. The van der Waals surface area contributed by atoms with Crippen LogP contribution in [0.3, 0.4) is 0 Å². The third kappa shape index (κ3) is 2.43. The Kier molecular flexibility index (Phi) is 3.73. The van der Waals surface area contributed by atoms with Crippen molar-refractivity contribution >= 4 is 21.4 Å². The number of halogens is 1. The van der Waals surface area contributed by atoms with Gasteiger partial charge in [0.1, 0.15) is 5.82 Å². The molecule has 3 N–H and O–H groups in total. The second-order valence-corrected chi connectivity index (χ2v) is 5.46. The Morgan fingerprint density at radius 2 is 2.10 bits per heavy atom. The quantitative estimate of drug-likeness (QED) is 0.572. The van der Waals surface area contributed by atoms with Gasteiger partial charge in [-0.15, -0.1) is 11.3 Å². The van der Waals surface area contributed by atoms with Crippen molar-refractivity contribution in [2.45, 2.75) is 12.5 Å². The standard InChI is InChI=1S/C15H14FN3S/c16-12-5-3-7-18-15(12)13(19-17)8-10-9-20-14-6-2-1-4-11(10)14/h1-7,9,13,19H,8,17H2. The Labute approximate surface area is 120 Å². The molecule has 102 valence electrons. The van der Waals surface area contributed by atoms with E-state index in [1.54, 1.807) is 23.6 Å². The molecule has 2 aromatic heterocycles. The van der Waals surface area contributed by atoms with Crippen LogP contribution in [0.1, 0.15) is 17.3 Å². The lowest BCUT2D eigenvalue weighted by molar-refractivity contribution is 0.496. The first kappa shape index (κ1) is 13.2. The molecule has 0 bridgehead atoms. The van der Waals surface area contributed by atoms with E-state index in [0.29, 0.717) is 12.1 Å². The van der Waals surface area contributed by atoms with Crippen LogP contribution in [0.2, 0.25) is 0 Å². The molecule has 0 aliphatic carbocycles. The molecule has 1 atom stereocenters. The van der Waals surface area contributed by atoms with E-state index in [1.165, 1.54) is 16.2 Å². The predicted octanol–water partition coefficient (Wildman–Crippen LogP) is 3.18. The summed E-state index contributed by atoms with van der Waals surface area (Å²) in [7, 11) is 0. The Balaban J connectivity index is 1.94. The molecule has 0 saturated carbocycles. The SMILES string of the molecule is NNC(Cc1csc2ccccc12)c1ncccc1F. The summed E-state index contributed by atoms with van der Waals surface area (Å²) < 4.78 is 15.0. The Hall–Kier alpha value is -1.82. The minimum atomic E-state index is -0.339. The lowest BCUT2D eigenvalue weighted by Crippen LogP contribution is -2.31. The summed E-state index contributed by atoms with van der Waals surface area (Å²) >= 11 is 1.68. The van der Waals surface area contributed by atoms with E-state index in [1.807, 2.05) is 12.1 Å². The van der Waals surface area contributed by atoms with Gasteiger partial charge < -0.3 is 0 Å². The van der Waals surface area contributed by atoms with Crippen LogP contribution in [0.4, 0.5) is 4.39 Å². The number of aromatic nitrogens is 1. The van der Waals surface area contributed by atoms with Gasteiger partial charge in [-0.1, -0.05) is 18.2 Å². The number of hydrazine groups is 1. The maximum Gasteiger partial charge on any atom is 0.146 e. The number of hydrogen-bond donors (Lipinski definition) is 2. The number of hydrogen-bond acceptors (Lipinski definition) is 4. The van der Waals surface area contributed by atoms with E-state index in [4.69, 9.17) is 5.84 Å². The summed E-state index contributed by atoms with van der Waals surface area (Å²) in [5, 5.41) is 3.28. The molecule has 0 fully saturated rings. The second kappa shape index (κ2) is 5.66. The van der Waals surface area contributed by atoms with Crippen LogP contribution in [-0.2, 0) is 6.42 Å². The molecule has 20 heavy (non-hydrogen) atoms. The molecule has 1 aromatic carbocycles. The molecule has 0 amide bonds. The maximum absolute atomic E-state index is 13.8. The molecule has 3 aromatic rings. The van der Waals surface area contributed by atoms with Crippen LogP contribution in [0.5, 0.6) is 0 Å². The maximum atomic E-state index is 13.8. The number of fused-ring (bicyclic) bond motifs is 1. The van der Waals surface area contributed by atoms with Crippen LogP contribution in [0.25, 0.3) is 10.1 Å². The van der Waals surface area contributed by atoms with Gasteiger partial charge >= 0.3 is 0 Å². The molecule has 3 nitrogen and oxygen atoms in total. The highest BCUT2D eigenvalue weighted by atomic mass is 32.1. The van der Waals surface area contributed by atoms with E-state index < -0.39 is 0 Å². The third-order valence-corrected chi connectivity index (χ3v) is 4.32. The minimum absolute atomic E-state index is 0.338. The topological polar surface area (TPSA) is 50.9 Å². The summed E-state index contributed by atoms with van der Waals surface area (Å²) in [5.41, 5.74) is 4.17. The molecule has 1 unspecified atom stereocenters. The summed E-state index contributed by atoms with van der Waals surface area (Å²) in [4.78, 5) is 4.10. The van der Waals surface area contributed by atoms with E-state index in [-0.39, 0.29) is 11.9 Å². The van der Waals surface area contributed by atoms with E-state index in [0.717, 1.165) is 5.56 Å². The van der Waals surface area contributed by atoms with Crippen molar-refractivity contribution in [3.8, 4) is 0 Å². The van der Waals surface area contributed by atoms with Gasteiger partial charge in [-0.2, -0.15) is 0 Å². The Bertz CT molecular complexity index is 726. The number of benzene rings is 1. The zero-order chi connectivity index (χ0) is 13.9. The molecule has 2 heterocycles. The van der Waals surface area contributed by atoms with Crippen LogP contribution >= 0.6 is 11.3 Å². The van der Waals surface area contributed by atoms with E-state index >= 15 is 0 Å². The zero-order valence-corrected chi connectivity index (χ0v) is 11.5. The van der Waals surface area contributed by atoms with Gasteiger partial charge in [0, 0.05) is 10.9 Å². The van der Waals surface area contributed by atoms with Crippen molar-refractivity contribution < 1.29 is 4.39 Å². The molecular weight excluding hydrogens is 273 g/mol. The molecule has 5 heteroatoms. The largest absolute Gasteiger partial charge is 0.271 e. The summed E-state index contributed by atoms with van der Waals surface area (Å²) in [5.74, 6) is 5.24. The van der Waals surface area contributed by atoms with Gasteiger partial charge in [-0.05, 0) is 40.9 Å². The molecule has 3 rings (SSSR count). The van der Waals surface area contributed by atoms with Crippen LogP contribution < -0.4 is 11.3 Å². The van der Waals surface area contributed by atoms with Crippen LogP contribution in [0, 0.1) is 5.82 Å². The normalized spacial score (nSPS) is 12.7. The number of thiophene rings is 1. The number of nitrogens with one attached hydrogen (secondary N) is 1. The van der Waals surface area contributed by atoms with Crippen molar-refractivity contribution in [2.75, 3.05) is 0 Å². The smallest absolute Gasteiger partial charge is 0.146 e. The van der Waals surface area contributed by atoms with Crippen molar-refractivity contribution in [1.82, 2.24) is 10.4 Å². The fourth-order valence-electron chi connectivity index (χ4n) is 2.30. The van der Waals surface area contributed by atoms with Crippen molar-refractivity contribution in [1.29, 1.82) is 0 Å². The van der Waals surface area contributed by atoms with Crippen molar-refractivity contribution in [3.63, 3.8) is 0 Å². The average molecular weight is 287 g/mol. The van der Waals surface area contributed by atoms with Gasteiger partial charge in [-0.3, -0.25) is 16.3 Å².